The molecule has 1 amide bonds. The van der Waals surface area contributed by atoms with Gasteiger partial charge in [0.25, 0.3) is 5.91 Å². The van der Waals surface area contributed by atoms with Gasteiger partial charge in [-0.1, -0.05) is 60.7 Å². The van der Waals surface area contributed by atoms with E-state index in [1.54, 1.807) is 0 Å². The predicted molar refractivity (Wildman–Crippen MR) is 135 cm³/mol. The topological polar surface area (TPSA) is 68.2 Å². The highest BCUT2D eigenvalue weighted by Crippen LogP contribution is 2.24. The lowest BCUT2D eigenvalue weighted by Gasteiger charge is -2.22. The third kappa shape index (κ3) is 6.02. The van der Waals surface area contributed by atoms with Gasteiger partial charge in [0.2, 0.25) is 0 Å². The average molecular weight is 439 g/mol. The minimum absolute atomic E-state index is 0.0130. The molecule has 0 aliphatic rings. The molecule has 0 aliphatic heterocycles. The second kappa shape index (κ2) is 11.5. The van der Waals surface area contributed by atoms with Crippen molar-refractivity contribution in [2.24, 2.45) is 0 Å². The summed E-state index contributed by atoms with van der Waals surface area (Å²) in [4.78, 5) is 15.3. The van der Waals surface area contributed by atoms with Crippen LogP contribution in [-0.4, -0.2) is 19.0 Å². The van der Waals surface area contributed by atoms with E-state index in [4.69, 9.17) is 0 Å². The summed E-state index contributed by atoms with van der Waals surface area (Å²) in [5.74, 6) is -0.430. The highest BCUT2D eigenvalue weighted by molar-refractivity contribution is 5.98. The van der Waals surface area contributed by atoms with Crippen LogP contribution in [0.2, 0.25) is 0 Å². The molecule has 0 heterocycles. The van der Waals surface area contributed by atoms with Gasteiger partial charge in [-0.05, 0) is 55.7 Å². The monoisotopic (exact) mass is 438 g/mol. The lowest BCUT2D eigenvalue weighted by molar-refractivity contribution is -0.117. The first kappa shape index (κ1) is 23.6. The van der Waals surface area contributed by atoms with E-state index in [0.29, 0.717) is 0 Å². The molecule has 0 radical (unpaired) electrons. The maximum Gasteiger partial charge on any atom is 0.264 e. The molecule has 2 N–H and O–H groups in total. The third-order valence-electron chi connectivity index (χ3n) is 5.62. The Hall–Kier alpha value is -4.04. The number of nitrogens with zero attached hydrogens (tertiary/aromatic N) is 2. The Labute approximate surface area is 196 Å². The van der Waals surface area contributed by atoms with Crippen molar-refractivity contribution in [1.82, 2.24) is 5.32 Å². The zero-order valence-electron chi connectivity index (χ0n) is 19.4. The summed E-state index contributed by atoms with van der Waals surface area (Å²) in [6, 6.07) is 27.3. The lowest BCUT2D eigenvalue weighted by atomic mass is 9.98. The van der Waals surface area contributed by atoms with Gasteiger partial charge in [-0.2, -0.15) is 5.26 Å². The average Bonchev–Trinajstić information content (AvgIpc) is 2.86. The molecular formula is C28H30N4O. The van der Waals surface area contributed by atoms with Crippen LogP contribution in [-0.2, 0) is 4.79 Å². The van der Waals surface area contributed by atoms with Gasteiger partial charge in [0.15, 0.2) is 0 Å². The van der Waals surface area contributed by atoms with E-state index >= 15 is 0 Å². The number of carbonyl (C=O) groups excluding carboxylic acids is 1. The van der Waals surface area contributed by atoms with Crippen LogP contribution in [0.1, 0.15) is 36.6 Å². The number of hydrogen-bond donors (Lipinski definition) is 2. The van der Waals surface area contributed by atoms with Crippen LogP contribution in [0.15, 0.2) is 90.6 Å². The van der Waals surface area contributed by atoms with Gasteiger partial charge in [-0.25, -0.2) is 0 Å². The van der Waals surface area contributed by atoms with Crippen LogP contribution in [0, 0.1) is 18.3 Å². The van der Waals surface area contributed by atoms with Crippen molar-refractivity contribution in [3.8, 4) is 6.07 Å². The number of hydrogen-bond acceptors (Lipinski definition) is 4. The molecule has 0 spiro atoms. The Kier molecular flexibility index (Phi) is 8.26. The van der Waals surface area contributed by atoms with Crippen molar-refractivity contribution in [1.29, 1.82) is 5.26 Å². The fraction of sp³-hybridized carbons (Fsp3) is 0.214. The van der Waals surface area contributed by atoms with Crippen LogP contribution < -0.4 is 15.5 Å². The predicted octanol–water partition coefficient (Wildman–Crippen LogP) is 5.57. The second-order valence-corrected chi connectivity index (χ2v) is 7.71. The Morgan fingerprint density at radius 1 is 0.970 bits per heavy atom. The summed E-state index contributed by atoms with van der Waals surface area (Å²) in [6.45, 7) is 8.14. The van der Waals surface area contributed by atoms with Crippen LogP contribution in [0.3, 0.4) is 0 Å². The van der Waals surface area contributed by atoms with E-state index in [1.165, 1.54) is 6.20 Å². The van der Waals surface area contributed by atoms with Gasteiger partial charge in [-0.3, -0.25) is 4.79 Å². The number of nitrogens with one attached hydrogen (secondary N) is 2. The molecule has 33 heavy (non-hydrogen) atoms. The number of carbonyl (C=O) groups is 1. The number of anilines is 2. The minimum atomic E-state index is -0.430. The Balaban J connectivity index is 1.79. The number of aryl methyl sites for hydroxylation is 1. The molecule has 5 heteroatoms. The normalized spacial score (nSPS) is 11.1. The van der Waals surface area contributed by atoms with Gasteiger partial charge >= 0.3 is 0 Å². The Morgan fingerprint density at radius 3 is 2.03 bits per heavy atom. The molecule has 3 aromatic rings. The van der Waals surface area contributed by atoms with Gasteiger partial charge in [0.05, 0.1) is 6.04 Å². The molecule has 0 atom stereocenters. The summed E-state index contributed by atoms with van der Waals surface area (Å²) in [5.41, 5.74) is 4.96. The Bertz CT molecular complexity index is 1090. The summed E-state index contributed by atoms with van der Waals surface area (Å²) < 4.78 is 0. The lowest BCUT2D eigenvalue weighted by Crippen LogP contribution is -2.30. The molecule has 0 unspecified atom stereocenters. The van der Waals surface area contributed by atoms with Gasteiger partial charge in [0, 0.05) is 30.7 Å². The van der Waals surface area contributed by atoms with E-state index in [9.17, 15) is 10.1 Å². The van der Waals surface area contributed by atoms with Crippen LogP contribution >= 0.6 is 0 Å². The molecule has 0 aliphatic carbocycles. The largest absolute Gasteiger partial charge is 0.372 e. The number of rotatable bonds is 9. The summed E-state index contributed by atoms with van der Waals surface area (Å²) in [6.07, 6.45) is 1.47. The standard InChI is InChI=1S/C28H30N4O/c1-4-32(5-2)25-16-17-26(21(3)18-25)30-20-24(19-29)28(33)31-27(22-12-8-6-9-13-22)23-14-10-7-11-15-23/h6-18,20,27,30H,4-5H2,1-3H3,(H,31,33)/b24-20-. The molecular weight excluding hydrogens is 408 g/mol. The van der Waals surface area contributed by atoms with Crippen molar-refractivity contribution in [3.63, 3.8) is 0 Å². The number of nitriles is 1. The van der Waals surface area contributed by atoms with Crippen molar-refractivity contribution in [2.45, 2.75) is 26.8 Å². The molecule has 0 saturated carbocycles. The van der Waals surface area contributed by atoms with Crippen molar-refractivity contribution in [3.05, 3.63) is 107 Å². The second-order valence-electron chi connectivity index (χ2n) is 7.71. The zero-order valence-corrected chi connectivity index (χ0v) is 19.4. The minimum Gasteiger partial charge on any atom is -0.372 e. The molecule has 0 aromatic heterocycles. The van der Waals surface area contributed by atoms with E-state index in [-0.39, 0.29) is 11.6 Å². The molecule has 5 nitrogen and oxygen atoms in total. The quantitative estimate of drug-likeness (QED) is 0.339. The van der Waals surface area contributed by atoms with E-state index in [2.05, 4.69) is 35.4 Å². The van der Waals surface area contributed by atoms with Gasteiger partial charge in [0.1, 0.15) is 11.6 Å². The highest BCUT2D eigenvalue weighted by Gasteiger charge is 2.19. The van der Waals surface area contributed by atoms with Crippen molar-refractivity contribution in [2.75, 3.05) is 23.3 Å². The third-order valence-corrected chi connectivity index (χ3v) is 5.62. The fourth-order valence-electron chi connectivity index (χ4n) is 3.75. The van der Waals surface area contributed by atoms with Crippen LogP contribution in [0.5, 0.6) is 0 Å². The van der Waals surface area contributed by atoms with E-state index in [1.807, 2.05) is 85.8 Å². The number of benzene rings is 3. The van der Waals surface area contributed by atoms with Gasteiger partial charge in [-0.15, -0.1) is 0 Å². The van der Waals surface area contributed by atoms with Crippen molar-refractivity contribution < 1.29 is 4.79 Å². The summed E-state index contributed by atoms with van der Waals surface area (Å²) in [7, 11) is 0. The first-order chi connectivity index (χ1) is 16.1. The SMILES string of the molecule is CCN(CC)c1ccc(N/C=C(/C#N)C(=O)NC(c2ccccc2)c2ccccc2)c(C)c1. The first-order valence-corrected chi connectivity index (χ1v) is 11.2. The number of amides is 1. The van der Waals surface area contributed by atoms with Crippen LogP contribution in [0.25, 0.3) is 0 Å². The zero-order chi connectivity index (χ0) is 23.6. The van der Waals surface area contributed by atoms with E-state index < -0.39 is 5.91 Å². The smallest absolute Gasteiger partial charge is 0.264 e. The molecule has 0 bridgehead atoms. The summed E-state index contributed by atoms with van der Waals surface area (Å²) in [5, 5.41) is 15.8. The molecule has 168 valence electrons. The summed E-state index contributed by atoms with van der Waals surface area (Å²) >= 11 is 0. The maximum atomic E-state index is 13.0. The van der Waals surface area contributed by atoms with E-state index in [0.717, 1.165) is 41.2 Å². The maximum absolute atomic E-state index is 13.0. The van der Waals surface area contributed by atoms with Crippen LogP contribution in [0.4, 0.5) is 11.4 Å². The molecule has 0 fully saturated rings. The molecule has 0 saturated heterocycles. The molecule has 3 rings (SSSR count). The molecule has 3 aromatic carbocycles. The fourth-order valence-corrected chi connectivity index (χ4v) is 3.75. The first-order valence-electron chi connectivity index (χ1n) is 11.2. The highest BCUT2D eigenvalue weighted by atomic mass is 16.1. The Morgan fingerprint density at radius 2 is 1.55 bits per heavy atom. The van der Waals surface area contributed by atoms with Gasteiger partial charge < -0.3 is 15.5 Å². The van der Waals surface area contributed by atoms with Crippen molar-refractivity contribution >= 4 is 17.3 Å².